The molecule has 0 aromatic heterocycles. The number of carbonyl (C=O) groups is 1. The molecule has 214 valence electrons. The van der Waals surface area contributed by atoms with Gasteiger partial charge in [-0.25, -0.2) is 0 Å². The third kappa shape index (κ3) is 7.72. The molecule has 2 fully saturated rings. The maximum Gasteiger partial charge on any atom is 0.286 e. The van der Waals surface area contributed by atoms with Gasteiger partial charge in [-0.1, -0.05) is 0 Å². The van der Waals surface area contributed by atoms with Crippen molar-refractivity contribution in [3.8, 4) is 0 Å². The molecule has 2 heterocycles. The van der Waals surface area contributed by atoms with E-state index in [1.165, 1.54) is 0 Å². The van der Waals surface area contributed by atoms with Gasteiger partial charge < -0.3 is 75.1 Å². The summed E-state index contributed by atoms with van der Waals surface area (Å²) < 4.78 is 20.8. The molecular formula is C19H31NO16S. The number of aliphatic imine (C=N–C) groups is 1. The largest absolute Gasteiger partial charge is 0.394 e. The van der Waals surface area contributed by atoms with E-state index in [4.69, 9.17) is 18.9 Å². The van der Waals surface area contributed by atoms with Gasteiger partial charge in [-0.3, -0.25) is 4.79 Å². The van der Waals surface area contributed by atoms with Crippen LogP contribution in [0.2, 0.25) is 0 Å². The van der Waals surface area contributed by atoms with Gasteiger partial charge in [-0.15, -0.1) is 0 Å². The van der Waals surface area contributed by atoms with Gasteiger partial charge in [0.1, 0.15) is 67.1 Å². The summed E-state index contributed by atoms with van der Waals surface area (Å²) in [5, 5.41) is 110. The van der Waals surface area contributed by atoms with Crippen molar-refractivity contribution in [1.82, 2.24) is 0 Å². The topological polar surface area (TPSA) is 289 Å². The highest BCUT2D eigenvalue weighted by Crippen LogP contribution is 2.26. The number of ether oxygens (including phenoxy) is 4. The van der Waals surface area contributed by atoms with E-state index in [0.717, 1.165) is 0 Å². The average Bonchev–Trinajstić information content (AvgIpc) is 2.88. The van der Waals surface area contributed by atoms with Crippen LogP contribution in [0.4, 0.5) is 0 Å². The lowest BCUT2D eigenvalue weighted by atomic mass is 9.98. The Labute approximate surface area is 214 Å². The Balaban J connectivity index is 1.96. The molecule has 0 aromatic rings. The molecule has 2 saturated heterocycles. The molecule has 2 aliphatic rings. The fourth-order valence-corrected chi connectivity index (χ4v) is 3.64. The van der Waals surface area contributed by atoms with Gasteiger partial charge in [0.15, 0.2) is 18.7 Å². The molecule has 2 rings (SSSR count). The van der Waals surface area contributed by atoms with Gasteiger partial charge in [0.2, 0.25) is 0 Å². The van der Waals surface area contributed by atoms with Crippen LogP contribution in [0, 0.1) is 0 Å². The van der Waals surface area contributed by atoms with Crippen molar-refractivity contribution in [2.24, 2.45) is 4.99 Å². The minimum absolute atomic E-state index is 0.633. The van der Waals surface area contributed by atoms with Gasteiger partial charge in [0.25, 0.3) is 5.91 Å². The van der Waals surface area contributed by atoms with Crippen molar-refractivity contribution in [3.63, 3.8) is 0 Å². The van der Waals surface area contributed by atoms with Crippen LogP contribution < -0.4 is 0 Å². The maximum absolute atomic E-state index is 11.4. The Morgan fingerprint density at radius 1 is 0.811 bits per heavy atom. The SMILES string of the molecule is O=C(N=C=S)[C@H](O)[C@@H](O)[C@H](O)[C@H](O)CO[C@H]1O[C@H](CO[C@H]2O[C@H](CO)[C@@H](O)[C@H](O)[C@H]2O)[C@@H](O)[C@H](O)[C@H]1O. The fraction of sp³-hybridized carbons (Fsp3) is 0.895. The maximum atomic E-state index is 11.4. The normalized spacial score (nSPS) is 39.8. The predicted octanol–water partition coefficient (Wildman–Crippen LogP) is -7.30. The van der Waals surface area contributed by atoms with Crippen LogP contribution in [-0.2, 0) is 23.7 Å². The van der Waals surface area contributed by atoms with Gasteiger partial charge >= 0.3 is 0 Å². The number of thiocarbonyl (C=S) groups is 1. The number of amides is 1. The van der Waals surface area contributed by atoms with Crippen LogP contribution in [0.25, 0.3) is 0 Å². The fourth-order valence-electron chi connectivity index (χ4n) is 3.55. The first kappa shape index (κ1) is 32.1. The quantitative estimate of drug-likeness (QED) is 0.0824. The number of aliphatic hydroxyl groups is 11. The number of isothiocyanates is 1. The molecule has 0 unspecified atom stereocenters. The van der Waals surface area contributed by atoms with Crippen LogP contribution in [0.1, 0.15) is 0 Å². The highest BCUT2D eigenvalue weighted by molar-refractivity contribution is 7.78. The van der Waals surface area contributed by atoms with E-state index in [2.05, 4.69) is 17.2 Å². The van der Waals surface area contributed by atoms with Crippen molar-refractivity contribution in [2.45, 2.75) is 85.8 Å². The first-order chi connectivity index (χ1) is 17.3. The van der Waals surface area contributed by atoms with E-state index in [-0.39, 0.29) is 0 Å². The molecule has 0 bridgehead atoms. The standard InChI is InChI=1S/C19H31NO16S/c21-1-6-9(24)12(27)15(30)19(35-6)34-3-7-10(25)13(28)16(31)18(36-7)33-2-5(22)8(23)11(26)14(29)17(32)20-4-37/h5-16,18-19,21-31H,1-3H2/t5-,6-,7-,8-,9-,10-,11+,12+,13+,14-,15-,16-,18+,19+/m1/s1. The first-order valence-electron chi connectivity index (χ1n) is 10.9. The van der Waals surface area contributed by atoms with Crippen LogP contribution in [-0.4, -0.2) is 173 Å². The Bertz CT molecular complexity index is 785. The Morgan fingerprint density at radius 3 is 1.86 bits per heavy atom. The van der Waals surface area contributed by atoms with Crippen molar-refractivity contribution in [2.75, 3.05) is 19.8 Å². The predicted molar refractivity (Wildman–Crippen MR) is 116 cm³/mol. The first-order valence-corrected chi connectivity index (χ1v) is 11.3. The molecule has 0 saturated carbocycles. The lowest BCUT2D eigenvalue weighted by Crippen LogP contribution is -2.62. The van der Waals surface area contributed by atoms with E-state index in [0.29, 0.717) is 0 Å². The lowest BCUT2D eigenvalue weighted by molar-refractivity contribution is -0.333. The van der Waals surface area contributed by atoms with Crippen molar-refractivity contribution >= 4 is 23.3 Å². The van der Waals surface area contributed by atoms with Gasteiger partial charge in [0.05, 0.1) is 25.0 Å². The van der Waals surface area contributed by atoms with Crippen LogP contribution in [0.3, 0.4) is 0 Å². The molecule has 0 aliphatic carbocycles. The summed E-state index contributed by atoms with van der Waals surface area (Å²) in [7, 11) is 0. The minimum atomic E-state index is -2.25. The molecule has 14 atom stereocenters. The van der Waals surface area contributed by atoms with Gasteiger partial charge in [-0.2, -0.15) is 4.99 Å². The van der Waals surface area contributed by atoms with E-state index in [1.54, 1.807) is 5.16 Å². The highest BCUT2D eigenvalue weighted by Gasteiger charge is 2.47. The van der Waals surface area contributed by atoms with E-state index >= 15 is 0 Å². The van der Waals surface area contributed by atoms with E-state index in [9.17, 15) is 61.0 Å². The number of hydrogen-bond acceptors (Lipinski definition) is 17. The van der Waals surface area contributed by atoms with Gasteiger partial charge in [-0.05, 0) is 12.2 Å². The number of rotatable bonds is 11. The number of nitrogens with zero attached hydrogens (tertiary/aromatic N) is 1. The summed E-state index contributed by atoms with van der Waals surface area (Å²) >= 11 is 4.19. The molecule has 1 amide bonds. The molecule has 0 radical (unpaired) electrons. The average molecular weight is 562 g/mol. The zero-order chi connectivity index (χ0) is 28.0. The van der Waals surface area contributed by atoms with Gasteiger partial charge in [0, 0.05) is 0 Å². The van der Waals surface area contributed by atoms with Crippen molar-refractivity contribution in [3.05, 3.63) is 0 Å². The summed E-state index contributed by atoms with van der Waals surface area (Å²) in [5.41, 5.74) is 0. The lowest BCUT2D eigenvalue weighted by Gasteiger charge is -2.42. The molecule has 17 nitrogen and oxygen atoms in total. The second-order valence-corrected chi connectivity index (χ2v) is 8.60. The Kier molecular flexibility index (Phi) is 12.4. The third-order valence-electron chi connectivity index (χ3n) is 5.85. The van der Waals surface area contributed by atoms with E-state index < -0.39 is 112 Å². The summed E-state index contributed by atoms with van der Waals surface area (Å²) in [6.07, 6.45) is -25.3. The number of carbonyl (C=O) groups excluding carboxylic acids is 1. The van der Waals surface area contributed by atoms with Crippen LogP contribution in [0.5, 0.6) is 0 Å². The summed E-state index contributed by atoms with van der Waals surface area (Å²) in [6.45, 7) is -2.23. The molecule has 0 spiro atoms. The number of aliphatic hydroxyl groups excluding tert-OH is 11. The molecule has 18 heteroatoms. The molecule has 2 aliphatic heterocycles. The summed E-state index contributed by atoms with van der Waals surface area (Å²) in [4.78, 5) is 14.3. The molecule has 0 aromatic carbocycles. The zero-order valence-electron chi connectivity index (χ0n) is 19.0. The molecule has 37 heavy (non-hydrogen) atoms. The van der Waals surface area contributed by atoms with Crippen LogP contribution in [0.15, 0.2) is 4.99 Å². The Morgan fingerprint density at radius 2 is 1.32 bits per heavy atom. The molecular weight excluding hydrogens is 530 g/mol. The Hall–Kier alpha value is -1.13. The van der Waals surface area contributed by atoms with Crippen LogP contribution >= 0.6 is 12.2 Å². The van der Waals surface area contributed by atoms with E-state index in [1.807, 2.05) is 0 Å². The second kappa shape index (κ2) is 14.3. The van der Waals surface area contributed by atoms with Crippen molar-refractivity contribution in [1.29, 1.82) is 0 Å². The monoisotopic (exact) mass is 561 g/mol. The van der Waals surface area contributed by atoms with Crippen molar-refractivity contribution < 1.29 is 79.9 Å². The zero-order valence-corrected chi connectivity index (χ0v) is 19.8. The number of hydrogen-bond donors (Lipinski definition) is 11. The smallest absolute Gasteiger partial charge is 0.286 e. The summed E-state index contributed by atoms with van der Waals surface area (Å²) in [6, 6.07) is 0. The highest BCUT2D eigenvalue weighted by atomic mass is 32.1. The summed E-state index contributed by atoms with van der Waals surface area (Å²) in [5.74, 6) is -1.33. The second-order valence-electron chi connectivity index (χ2n) is 8.41. The minimum Gasteiger partial charge on any atom is -0.394 e. The third-order valence-corrected chi connectivity index (χ3v) is 5.94. The molecule has 11 N–H and O–H groups in total.